The van der Waals surface area contributed by atoms with Gasteiger partial charge < -0.3 is 4.42 Å². The third-order valence-corrected chi connectivity index (χ3v) is 5.24. The lowest BCUT2D eigenvalue weighted by Crippen LogP contribution is -2.01. The second kappa shape index (κ2) is 7.20. The zero-order valence-corrected chi connectivity index (χ0v) is 15.6. The van der Waals surface area contributed by atoms with Crippen LogP contribution in [0.1, 0.15) is 30.5 Å². The van der Waals surface area contributed by atoms with Crippen LogP contribution in [0.4, 0.5) is 4.39 Å². The van der Waals surface area contributed by atoms with Crippen LogP contribution in [0.15, 0.2) is 64.2 Å². The highest BCUT2D eigenvalue weighted by molar-refractivity contribution is 7.98. The summed E-state index contributed by atoms with van der Waals surface area (Å²) in [4.78, 5) is 4.72. The fourth-order valence-electron chi connectivity index (χ4n) is 2.91. The minimum atomic E-state index is -0.338. The summed E-state index contributed by atoms with van der Waals surface area (Å²) < 4.78 is 20.9. The van der Waals surface area contributed by atoms with Gasteiger partial charge in [0.1, 0.15) is 11.6 Å². The maximum absolute atomic E-state index is 13.4. The van der Waals surface area contributed by atoms with Crippen molar-refractivity contribution in [3.05, 3.63) is 72.1 Å². The molecule has 6 nitrogen and oxygen atoms in total. The van der Waals surface area contributed by atoms with E-state index in [1.54, 1.807) is 12.1 Å². The van der Waals surface area contributed by atoms with Gasteiger partial charge in [0.05, 0.1) is 11.4 Å². The van der Waals surface area contributed by atoms with Crippen molar-refractivity contribution in [1.29, 1.82) is 0 Å². The van der Waals surface area contributed by atoms with Gasteiger partial charge in [-0.25, -0.2) is 14.1 Å². The van der Waals surface area contributed by atoms with Crippen LogP contribution >= 0.6 is 11.8 Å². The highest BCUT2D eigenvalue weighted by atomic mass is 32.2. The summed E-state index contributed by atoms with van der Waals surface area (Å²) in [6.45, 7) is 0. The molecule has 2 aromatic carbocycles. The van der Waals surface area contributed by atoms with Crippen LogP contribution in [0, 0.1) is 5.82 Å². The molecule has 8 heteroatoms. The first-order chi connectivity index (χ1) is 13.8. The van der Waals surface area contributed by atoms with Gasteiger partial charge in [0.2, 0.25) is 16.9 Å². The van der Waals surface area contributed by atoms with Crippen molar-refractivity contribution < 1.29 is 8.81 Å². The van der Waals surface area contributed by atoms with Gasteiger partial charge in [-0.2, -0.15) is 0 Å². The van der Waals surface area contributed by atoms with Gasteiger partial charge in [-0.15, -0.1) is 15.3 Å². The van der Waals surface area contributed by atoms with E-state index in [1.807, 2.05) is 35.0 Å². The number of rotatable bonds is 6. The lowest BCUT2D eigenvalue weighted by atomic mass is 10.2. The predicted octanol–water partition coefficient (Wildman–Crippen LogP) is 4.63. The normalized spacial score (nSPS) is 13.8. The van der Waals surface area contributed by atoms with E-state index in [0.717, 1.165) is 24.4 Å². The number of hydrogen-bond acceptors (Lipinski definition) is 6. The molecule has 1 aliphatic rings. The largest absolute Gasteiger partial charge is 0.420 e. The number of nitrogens with zero attached hydrogens (tertiary/aromatic N) is 5. The highest BCUT2D eigenvalue weighted by Crippen LogP contribution is 2.40. The Bertz CT molecular complexity index is 1110. The predicted molar refractivity (Wildman–Crippen MR) is 103 cm³/mol. The van der Waals surface area contributed by atoms with E-state index in [2.05, 4.69) is 15.3 Å². The van der Waals surface area contributed by atoms with Gasteiger partial charge in [-0.3, -0.25) is 0 Å². The molecule has 2 heterocycles. The molecule has 0 aliphatic heterocycles. The third-order valence-electron chi connectivity index (χ3n) is 4.42. The van der Waals surface area contributed by atoms with Crippen LogP contribution in [0.2, 0.25) is 0 Å². The van der Waals surface area contributed by atoms with E-state index < -0.39 is 0 Å². The number of aromatic nitrogens is 5. The molecule has 140 valence electrons. The van der Waals surface area contributed by atoms with Gasteiger partial charge in [0, 0.05) is 11.5 Å². The van der Waals surface area contributed by atoms with E-state index in [4.69, 9.17) is 9.40 Å². The van der Waals surface area contributed by atoms with Crippen LogP contribution in [-0.4, -0.2) is 25.0 Å². The number of thioether (sulfide) groups is 1. The van der Waals surface area contributed by atoms with Gasteiger partial charge in [-0.05, 0) is 43.2 Å². The third kappa shape index (κ3) is 3.55. The number of benzene rings is 2. The lowest BCUT2D eigenvalue weighted by Gasteiger charge is -2.03. The van der Waals surface area contributed by atoms with Gasteiger partial charge in [0.15, 0.2) is 0 Å². The molecule has 0 spiro atoms. The van der Waals surface area contributed by atoms with E-state index in [-0.39, 0.29) is 5.82 Å². The quantitative estimate of drug-likeness (QED) is 0.445. The molecule has 0 N–H and O–H groups in total. The summed E-state index contributed by atoms with van der Waals surface area (Å²) in [5.74, 6) is 2.34. The Hall–Kier alpha value is -3.00. The Labute approximate surface area is 164 Å². The second-order valence-electron chi connectivity index (χ2n) is 6.57. The average Bonchev–Trinajstić information content (AvgIpc) is 3.30. The SMILES string of the molecule is Fc1cccc(-c2nnc(CSc3nc(C4CC4)n(-c4ccccc4)n3)o2)c1. The molecule has 0 unspecified atom stereocenters. The van der Waals surface area contributed by atoms with Crippen molar-refractivity contribution in [3.63, 3.8) is 0 Å². The second-order valence-corrected chi connectivity index (χ2v) is 7.52. The molecule has 0 radical (unpaired) electrons. The Kier molecular flexibility index (Phi) is 4.40. The average molecular weight is 393 g/mol. The van der Waals surface area contributed by atoms with Crippen LogP contribution in [-0.2, 0) is 5.75 Å². The molecule has 0 atom stereocenters. The van der Waals surface area contributed by atoms with E-state index >= 15 is 0 Å². The first kappa shape index (κ1) is 17.1. The van der Waals surface area contributed by atoms with Crippen molar-refractivity contribution in [2.45, 2.75) is 29.7 Å². The Balaban J connectivity index is 1.34. The molecule has 2 aromatic heterocycles. The molecule has 1 aliphatic carbocycles. The van der Waals surface area contributed by atoms with Crippen LogP contribution < -0.4 is 0 Å². The number of para-hydroxylation sites is 1. The monoisotopic (exact) mass is 393 g/mol. The first-order valence-electron chi connectivity index (χ1n) is 9.00. The summed E-state index contributed by atoms with van der Waals surface area (Å²) >= 11 is 1.45. The Morgan fingerprint density at radius 1 is 1.07 bits per heavy atom. The number of hydrogen-bond donors (Lipinski definition) is 0. The molecule has 1 fully saturated rings. The maximum Gasteiger partial charge on any atom is 0.247 e. The van der Waals surface area contributed by atoms with E-state index in [0.29, 0.717) is 34.2 Å². The molecule has 0 bridgehead atoms. The molecular weight excluding hydrogens is 377 g/mol. The summed E-state index contributed by atoms with van der Waals surface area (Å²) in [5.41, 5.74) is 1.57. The first-order valence-corrected chi connectivity index (χ1v) is 9.98. The van der Waals surface area contributed by atoms with Crippen LogP contribution in [0.5, 0.6) is 0 Å². The van der Waals surface area contributed by atoms with E-state index in [1.165, 1.54) is 23.9 Å². The Morgan fingerprint density at radius 2 is 1.93 bits per heavy atom. The molecule has 1 saturated carbocycles. The molecular formula is C20H16FN5OS. The fraction of sp³-hybridized carbons (Fsp3) is 0.200. The van der Waals surface area contributed by atoms with Crippen LogP contribution in [0.3, 0.4) is 0 Å². The zero-order chi connectivity index (χ0) is 18.9. The van der Waals surface area contributed by atoms with Gasteiger partial charge in [0.25, 0.3) is 0 Å². The lowest BCUT2D eigenvalue weighted by molar-refractivity contribution is 0.527. The summed E-state index contributed by atoms with van der Waals surface area (Å²) in [6.07, 6.45) is 2.30. The maximum atomic E-state index is 13.4. The zero-order valence-electron chi connectivity index (χ0n) is 14.8. The van der Waals surface area contributed by atoms with Crippen molar-refractivity contribution >= 4 is 11.8 Å². The minimum Gasteiger partial charge on any atom is -0.420 e. The minimum absolute atomic E-state index is 0.302. The smallest absolute Gasteiger partial charge is 0.247 e. The molecule has 0 amide bonds. The standard InChI is InChI=1S/C20H16FN5OS/c21-15-6-4-5-14(11-15)19-24-23-17(27-19)12-28-20-22-18(13-9-10-13)26(25-20)16-7-2-1-3-8-16/h1-8,11,13H,9-10,12H2. The van der Waals surface area contributed by atoms with Crippen molar-refractivity contribution in [3.8, 4) is 17.1 Å². The molecule has 28 heavy (non-hydrogen) atoms. The number of halogens is 1. The fourth-order valence-corrected chi connectivity index (χ4v) is 3.57. The summed E-state index contributed by atoms with van der Waals surface area (Å²) in [7, 11) is 0. The molecule has 0 saturated heterocycles. The van der Waals surface area contributed by atoms with Gasteiger partial charge in [-0.1, -0.05) is 36.0 Å². The van der Waals surface area contributed by atoms with Gasteiger partial charge >= 0.3 is 0 Å². The van der Waals surface area contributed by atoms with E-state index in [9.17, 15) is 4.39 Å². The molecule has 4 aromatic rings. The van der Waals surface area contributed by atoms with Crippen molar-refractivity contribution in [1.82, 2.24) is 25.0 Å². The van der Waals surface area contributed by atoms with Crippen molar-refractivity contribution in [2.24, 2.45) is 0 Å². The molecule has 5 rings (SSSR count). The van der Waals surface area contributed by atoms with Crippen molar-refractivity contribution in [2.75, 3.05) is 0 Å². The summed E-state index contributed by atoms with van der Waals surface area (Å²) in [5, 5.41) is 13.4. The highest BCUT2D eigenvalue weighted by Gasteiger charge is 2.30. The Morgan fingerprint density at radius 3 is 2.71 bits per heavy atom. The topological polar surface area (TPSA) is 69.6 Å². The van der Waals surface area contributed by atoms with Crippen LogP contribution in [0.25, 0.3) is 17.1 Å². The summed E-state index contributed by atoms with van der Waals surface area (Å²) in [6, 6.07) is 16.1.